The van der Waals surface area contributed by atoms with E-state index in [-0.39, 0.29) is 0 Å². The lowest BCUT2D eigenvalue weighted by Crippen LogP contribution is -2.03. The van der Waals surface area contributed by atoms with Crippen molar-refractivity contribution in [2.75, 3.05) is 0 Å². The summed E-state index contributed by atoms with van der Waals surface area (Å²) in [4.78, 5) is 10.8. The van der Waals surface area contributed by atoms with Gasteiger partial charge < -0.3 is 5.11 Å². The lowest BCUT2D eigenvalue weighted by Gasteiger charge is -2.16. The second-order valence-electron chi connectivity index (χ2n) is 8.33. The number of carboxylic acid groups (broad SMARTS) is 1. The average molecular weight is 369 g/mol. The van der Waals surface area contributed by atoms with Crippen molar-refractivity contribution in [3.8, 4) is 0 Å². The number of carboxylic acids is 1. The van der Waals surface area contributed by atoms with Crippen molar-refractivity contribution in [3.63, 3.8) is 0 Å². The smallest absolute Gasteiger partial charge is 0.303 e. The Kier molecular flexibility index (Phi) is 20.4. The lowest BCUT2D eigenvalue weighted by atomic mass is 9.90. The van der Waals surface area contributed by atoms with Crippen LogP contribution in [0.2, 0.25) is 0 Å². The van der Waals surface area contributed by atoms with E-state index in [4.69, 9.17) is 5.11 Å². The Morgan fingerprint density at radius 3 is 1.31 bits per heavy atom. The summed E-state index contributed by atoms with van der Waals surface area (Å²) in [5, 5.41) is 8.87. The molecule has 0 saturated carbocycles. The van der Waals surface area contributed by atoms with Crippen LogP contribution in [0.3, 0.4) is 0 Å². The summed E-state index contributed by atoms with van der Waals surface area (Å²) in [6.45, 7) is 4.54. The van der Waals surface area contributed by atoms with E-state index in [1.807, 2.05) is 0 Å². The van der Waals surface area contributed by atoms with Gasteiger partial charge in [0, 0.05) is 6.42 Å². The van der Waals surface area contributed by atoms with Crippen LogP contribution in [0.1, 0.15) is 142 Å². The van der Waals surface area contributed by atoms with Crippen molar-refractivity contribution in [2.24, 2.45) is 5.92 Å². The van der Waals surface area contributed by atoms with Gasteiger partial charge in [-0.2, -0.15) is 0 Å². The van der Waals surface area contributed by atoms with E-state index in [9.17, 15) is 4.79 Å². The predicted molar refractivity (Wildman–Crippen MR) is 115 cm³/mol. The first-order valence-corrected chi connectivity index (χ1v) is 11.9. The molecule has 0 saturated heterocycles. The first-order valence-electron chi connectivity index (χ1n) is 11.9. The Morgan fingerprint density at radius 2 is 0.923 bits per heavy atom. The van der Waals surface area contributed by atoms with E-state index in [0.717, 1.165) is 18.8 Å². The molecule has 0 bridgehead atoms. The molecule has 0 spiro atoms. The molecule has 0 amide bonds. The molecule has 0 aliphatic carbocycles. The molecule has 0 aromatic carbocycles. The van der Waals surface area contributed by atoms with E-state index in [1.165, 1.54) is 109 Å². The minimum absolute atomic E-state index is 0.352. The molecular weight excluding hydrogens is 320 g/mol. The van der Waals surface area contributed by atoms with Gasteiger partial charge in [0.25, 0.3) is 0 Å². The van der Waals surface area contributed by atoms with E-state index in [0.29, 0.717) is 6.42 Å². The SMILES string of the molecule is CCCCCCCCCCCC(CCCCCCCC)CCCC(=O)O. The van der Waals surface area contributed by atoms with Gasteiger partial charge in [-0.25, -0.2) is 0 Å². The van der Waals surface area contributed by atoms with Gasteiger partial charge >= 0.3 is 5.97 Å². The highest BCUT2D eigenvalue weighted by Crippen LogP contribution is 2.24. The van der Waals surface area contributed by atoms with Gasteiger partial charge in [-0.15, -0.1) is 0 Å². The van der Waals surface area contributed by atoms with E-state index in [2.05, 4.69) is 13.8 Å². The number of carbonyl (C=O) groups is 1. The molecule has 0 radical (unpaired) electrons. The van der Waals surface area contributed by atoms with Crippen molar-refractivity contribution in [1.29, 1.82) is 0 Å². The van der Waals surface area contributed by atoms with Crippen LogP contribution in [0.4, 0.5) is 0 Å². The van der Waals surface area contributed by atoms with Gasteiger partial charge in [0.2, 0.25) is 0 Å². The molecule has 26 heavy (non-hydrogen) atoms. The normalized spacial score (nSPS) is 12.4. The number of hydrogen-bond donors (Lipinski definition) is 1. The van der Waals surface area contributed by atoms with Crippen molar-refractivity contribution >= 4 is 5.97 Å². The number of rotatable bonds is 21. The van der Waals surface area contributed by atoms with Gasteiger partial charge in [-0.3, -0.25) is 4.79 Å². The van der Waals surface area contributed by atoms with Crippen LogP contribution in [0.5, 0.6) is 0 Å². The van der Waals surface area contributed by atoms with Gasteiger partial charge in [0.05, 0.1) is 0 Å². The minimum atomic E-state index is -0.633. The third-order valence-electron chi connectivity index (χ3n) is 5.68. The fourth-order valence-corrected chi connectivity index (χ4v) is 3.93. The van der Waals surface area contributed by atoms with E-state index in [1.54, 1.807) is 0 Å². The monoisotopic (exact) mass is 368 g/mol. The zero-order chi connectivity index (χ0) is 19.3. The topological polar surface area (TPSA) is 37.3 Å². The molecule has 0 fully saturated rings. The van der Waals surface area contributed by atoms with Gasteiger partial charge in [0.1, 0.15) is 0 Å². The van der Waals surface area contributed by atoms with Crippen LogP contribution in [0.15, 0.2) is 0 Å². The maximum absolute atomic E-state index is 10.8. The Balaban J connectivity index is 3.73. The highest BCUT2D eigenvalue weighted by Gasteiger charge is 2.10. The molecule has 1 unspecified atom stereocenters. The minimum Gasteiger partial charge on any atom is -0.481 e. The summed E-state index contributed by atoms with van der Waals surface area (Å²) in [6, 6.07) is 0. The second-order valence-corrected chi connectivity index (χ2v) is 8.33. The average Bonchev–Trinajstić information content (AvgIpc) is 2.62. The van der Waals surface area contributed by atoms with Crippen molar-refractivity contribution in [2.45, 2.75) is 142 Å². The third-order valence-corrected chi connectivity index (χ3v) is 5.68. The highest BCUT2D eigenvalue weighted by atomic mass is 16.4. The maximum Gasteiger partial charge on any atom is 0.303 e. The molecule has 0 aliphatic heterocycles. The summed E-state index contributed by atoms with van der Waals surface area (Å²) in [7, 11) is 0. The third kappa shape index (κ3) is 19.8. The highest BCUT2D eigenvalue weighted by molar-refractivity contribution is 5.66. The quantitative estimate of drug-likeness (QED) is 0.206. The van der Waals surface area contributed by atoms with Crippen LogP contribution < -0.4 is 0 Å². The second kappa shape index (κ2) is 20.8. The maximum atomic E-state index is 10.8. The molecule has 0 aliphatic rings. The molecule has 0 rings (SSSR count). The molecule has 2 heteroatoms. The Hall–Kier alpha value is -0.530. The summed E-state index contributed by atoms with van der Waals surface area (Å²) in [5.41, 5.74) is 0. The summed E-state index contributed by atoms with van der Waals surface area (Å²) in [6.07, 6.45) is 25.7. The summed E-state index contributed by atoms with van der Waals surface area (Å²) in [5.74, 6) is 0.136. The van der Waals surface area contributed by atoms with Gasteiger partial charge in [0.15, 0.2) is 0 Å². The number of hydrogen-bond acceptors (Lipinski definition) is 1. The largest absolute Gasteiger partial charge is 0.481 e. The van der Waals surface area contributed by atoms with Crippen LogP contribution >= 0.6 is 0 Å². The van der Waals surface area contributed by atoms with E-state index < -0.39 is 5.97 Å². The van der Waals surface area contributed by atoms with Gasteiger partial charge in [-0.1, -0.05) is 123 Å². The lowest BCUT2D eigenvalue weighted by molar-refractivity contribution is -0.137. The van der Waals surface area contributed by atoms with Crippen molar-refractivity contribution in [3.05, 3.63) is 0 Å². The van der Waals surface area contributed by atoms with Crippen LogP contribution in [-0.2, 0) is 4.79 Å². The molecule has 156 valence electrons. The molecule has 0 aromatic heterocycles. The van der Waals surface area contributed by atoms with Gasteiger partial charge in [-0.05, 0) is 18.8 Å². The molecule has 1 atom stereocenters. The zero-order valence-corrected chi connectivity index (χ0v) is 18.1. The zero-order valence-electron chi connectivity index (χ0n) is 18.1. The molecular formula is C24H48O2. The number of aliphatic carboxylic acids is 1. The first kappa shape index (κ1) is 25.5. The van der Waals surface area contributed by atoms with Crippen LogP contribution in [-0.4, -0.2) is 11.1 Å². The molecule has 1 N–H and O–H groups in total. The number of unbranched alkanes of at least 4 members (excludes halogenated alkanes) is 13. The van der Waals surface area contributed by atoms with Crippen LogP contribution in [0.25, 0.3) is 0 Å². The van der Waals surface area contributed by atoms with Crippen molar-refractivity contribution < 1.29 is 9.90 Å². The van der Waals surface area contributed by atoms with E-state index >= 15 is 0 Å². The molecule has 0 heterocycles. The Bertz CT molecular complexity index is 288. The molecule has 2 nitrogen and oxygen atoms in total. The molecule has 0 aromatic rings. The fourth-order valence-electron chi connectivity index (χ4n) is 3.93. The summed E-state index contributed by atoms with van der Waals surface area (Å²) < 4.78 is 0. The standard InChI is InChI=1S/C24H48O2/c1-3-5-7-9-11-12-13-15-17-20-23(21-18-22-24(25)26)19-16-14-10-8-6-4-2/h23H,3-22H2,1-2H3,(H,25,26). The van der Waals surface area contributed by atoms with Crippen LogP contribution in [0, 0.1) is 5.92 Å². The predicted octanol–water partition coefficient (Wildman–Crippen LogP) is 8.53. The Labute approximate surface area is 164 Å². The fraction of sp³-hybridized carbons (Fsp3) is 0.958. The first-order chi connectivity index (χ1) is 12.7. The summed E-state index contributed by atoms with van der Waals surface area (Å²) >= 11 is 0. The van der Waals surface area contributed by atoms with Crippen molar-refractivity contribution in [1.82, 2.24) is 0 Å². The Morgan fingerprint density at radius 1 is 0.577 bits per heavy atom.